The van der Waals surface area contributed by atoms with Crippen LogP contribution in [0.25, 0.3) is 0 Å². The fourth-order valence-corrected chi connectivity index (χ4v) is 2.44. The molecule has 0 saturated heterocycles. The van der Waals surface area contributed by atoms with Crippen LogP contribution in [0.3, 0.4) is 0 Å². The lowest BCUT2D eigenvalue weighted by Crippen LogP contribution is -2.00. The lowest BCUT2D eigenvalue weighted by Gasteiger charge is -2.10. The van der Waals surface area contributed by atoms with E-state index < -0.39 is 0 Å². The Morgan fingerprint density at radius 3 is 2.62 bits per heavy atom. The molecule has 1 heterocycles. The van der Waals surface area contributed by atoms with E-state index >= 15 is 0 Å². The van der Waals surface area contributed by atoms with E-state index in [0.717, 1.165) is 33.0 Å². The Morgan fingerprint density at radius 2 is 1.83 bits per heavy atom. The Morgan fingerprint density at radius 1 is 1.00 bits per heavy atom. The van der Waals surface area contributed by atoms with Crippen LogP contribution in [-0.4, -0.2) is 17.1 Å². The number of ether oxygens (including phenoxy) is 1. The zero-order valence-corrected chi connectivity index (χ0v) is 15.0. The average molecular weight is 385 g/mol. The number of hydrogen-bond donors (Lipinski definition) is 2. The Bertz CT molecular complexity index is 854. The molecule has 5 nitrogen and oxygen atoms in total. The number of hydrogen-bond acceptors (Lipinski definition) is 5. The molecule has 0 fully saturated rings. The highest BCUT2D eigenvalue weighted by atomic mass is 79.9. The molecule has 0 amide bonds. The first-order valence-electron chi connectivity index (χ1n) is 7.41. The number of nitrogens with zero attached hydrogens (tertiary/aromatic N) is 2. The van der Waals surface area contributed by atoms with E-state index in [1.807, 2.05) is 49.4 Å². The summed E-state index contributed by atoms with van der Waals surface area (Å²) in [5, 5.41) is 6.46. The molecule has 24 heavy (non-hydrogen) atoms. The summed E-state index contributed by atoms with van der Waals surface area (Å²) >= 11 is 3.50. The van der Waals surface area contributed by atoms with E-state index in [1.165, 1.54) is 0 Å². The Hall–Kier alpha value is -2.60. The molecule has 0 unspecified atom stereocenters. The van der Waals surface area contributed by atoms with Crippen LogP contribution < -0.4 is 15.4 Å². The van der Waals surface area contributed by atoms with Gasteiger partial charge in [-0.25, -0.2) is 4.98 Å². The number of rotatable bonds is 5. The van der Waals surface area contributed by atoms with Crippen molar-refractivity contribution in [1.29, 1.82) is 0 Å². The molecule has 0 saturated carbocycles. The lowest BCUT2D eigenvalue weighted by molar-refractivity contribution is 0.415. The van der Waals surface area contributed by atoms with Gasteiger partial charge in [0.25, 0.3) is 0 Å². The minimum absolute atomic E-state index is 0.516. The average Bonchev–Trinajstić information content (AvgIpc) is 2.59. The molecule has 0 radical (unpaired) electrons. The van der Waals surface area contributed by atoms with E-state index in [1.54, 1.807) is 13.3 Å². The summed E-state index contributed by atoms with van der Waals surface area (Å²) in [6.45, 7) is 2.05. The second-order valence-corrected chi connectivity index (χ2v) is 6.07. The predicted octanol–water partition coefficient (Wildman–Crippen LogP) is 5.04. The topological polar surface area (TPSA) is 59.1 Å². The van der Waals surface area contributed by atoms with Gasteiger partial charge < -0.3 is 15.4 Å². The van der Waals surface area contributed by atoms with Crippen LogP contribution in [0, 0.1) is 6.92 Å². The summed E-state index contributed by atoms with van der Waals surface area (Å²) in [5.74, 6) is 2.01. The maximum absolute atomic E-state index is 5.22. The van der Waals surface area contributed by atoms with E-state index in [9.17, 15) is 0 Å². The first kappa shape index (κ1) is 16.3. The van der Waals surface area contributed by atoms with Gasteiger partial charge in [0, 0.05) is 28.1 Å². The highest BCUT2D eigenvalue weighted by Gasteiger charge is 2.03. The quantitative estimate of drug-likeness (QED) is 0.644. The standard InChI is InChI=1S/C18H17BrN4O/c1-12-10-14(6-7-16(12)19)21-17-8-9-20-18(23-17)22-13-4-3-5-15(11-13)24-2/h3-11H,1-2H3,(H2,20,21,22,23). The van der Waals surface area contributed by atoms with Gasteiger partial charge in [-0.3, -0.25) is 0 Å². The summed E-state index contributed by atoms with van der Waals surface area (Å²) in [5.41, 5.74) is 3.00. The van der Waals surface area contributed by atoms with Crippen molar-refractivity contribution in [1.82, 2.24) is 9.97 Å². The predicted molar refractivity (Wildman–Crippen MR) is 100 cm³/mol. The molecule has 3 rings (SSSR count). The molecule has 122 valence electrons. The van der Waals surface area contributed by atoms with Crippen LogP contribution in [0.15, 0.2) is 59.2 Å². The van der Waals surface area contributed by atoms with Crippen LogP contribution in [0.5, 0.6) is 5.75 Å². The number of aromatic nitrogens is 2. The molecule has 0 aliphatic carbocycles. The van der Waals surface area contributed by atoms with Crippen molar-refractivity contribution in [3.63, 3.8) is 0 Å². The maximum atomic E-state index is 5.22. The SMILES string of the molecule is COc1cccc(Nc2nccc(Nc3ccc(Br)c(C)c3)n2)c1. The van der Waals surface area contributed by atoms with Gasteiger partial charge in [-0.2, -0.15) is 4.98 Å². The number of halogens is 1. The molecule has 0 aliphatic heterocycles. The van der Waals surface area contributed by atoms with Gasteiger partial charge in [0.1, 0.15) is 11.6 Å². The summed E-state index contributed by atoms with van der Waals surface area (Å²) < 4.78 is 6.30. The van der Waals surface area contributed by atoms with E-state index in [4.69, 9.17) is 4.74 Å². The summed E-state index contributed by atoms with van der Waals surface area (Å²) in [4.78, 5) is 8.74. The zero-order chi connectivity index (χ0) is 16.9. The first-order valence-corrected chi connectivity index (χ1v) is 8.20. The second kappa shape index (κ2) is 7.31. The minimum Gasteiger partial charge on any atom is -0.497 e. The van der Waals surface area contributed by atoms with Crippen LogP contribution >= 0.6 is 15.9 Å². The number of methoxy groups -OCH3 is 1. The maximum Gasteiger partial charge on any atom is 0.229 e. The molecule has 2 N–H and O–H groups in total. The normalized spacial score (nSPS) is 10.3. The Kier molecular flexibility index (Phi) is 4.96. The van der Waals surface area contributed by atoms with E-state index in [-0.39, 0.29) is 0 Å². The largest absolute Gasteiger partial charge is 0.497 e. The number of aryl methyl sites for hydroxylation is 1. The van der Waals surface area contributed by atoms with Crippen molar-refractivity contribution in [2.75, 3.05) is 17.7 Å². The number of nitrogens with one attached hydrogen (secondary N) is 2. The Labute approximate surface area is 149 Å². The molecule has 2 aromatic carbocycles. The highest BCUT2D eigenvalue weighted by Crippen LogP contribution is 2.23. The molecule has 0 aliphatic rings. The summed E-state index contributed by atoms with van der Waals surface area (Å²) in [6.07, 6.45) is 1.71. The molecule has 6 heteroatoms. The van der Waals surface area contributed by atoms with E-state index in [0.29, 0.717) is 5.95 Å². The zero-order valence-electron chi connectivity index (χ0n) is 13.4. The van der Waals surface area contributed by atoms with Crippen molar-refractivity contribution >= 4 is 39.1 Å². The molecule has 1 aromatic heterocycles. The molecular formula is C18H17BrN4O. The third kappa shape index (κ3) is 4.02. The van der Waals surface area contributed by atoms with E-state index in [2.05, 4.69) is 42.6 Å². The van der Waals surface area contributed by atoms with Crippen molar-refractivity contribution in [3.05, 3.63) is 64.8 Å². The van der Waals surface area contributed by atoms with Crippen LogP contribution in [0.2, 0.25) is 0 Å². The van der Waals surface area contributed by atoms with Gasteiger partial charge in [0.2, 0.25) is 5.95 Å². The van der Waals surface area contributed by atoms with Crippen molar-refractivity contribution in [2.24, 2.45) is 0 Å². The third-order valence-electron chi connectivity index (χ3n) is 3.41. The van der Waals surface area contributed by atoms with Crippen LogP contribution in [-0.2, 0) is 0 Å². The van der Waals surface area contributed by atoms with Crippen molar-refractivity contribution in [3.8, 4) is 5.75 Å². The Balaban J connectivity index is 1.77. The monoisotopic (exact) mass is 384 g/mol. The second-order valence-electron chi connectivity index (χ2n) is 5.21. The van der Waals surface area contributed by atoms with Crippen LogP contribution in [0.1, 0.15) is 5.56 Å². The van der Waals surface area contributed by atoms with Crippen molar-refractivity contribution < 1.29 is 4.74 Å². The molecule has 0 atom stereocenters. The lowest BCUT2D eigenvalue weighted by atomic mass is 10.2. The highest BCUT2D eigenvalue weighted by molar-refractivity contribution is 9.10. The molecular weight excluding hydrogens is 368 g/mol. The third-order valence-corrected chi connectivity index (χ3v) is 4.30. The van der Waals surface area contributed by atoms with Gasteiger partial charge in [-0.05, 0) is 48.9 Å². The van der Waals surface area contributed by atoms with Crippen molar-refractivity contribution in [2.45, 2.75) is 6.92 Å². The first-order chi connectivity index (χ1) is 11.6. The minimum atomic E-state index is 0.516. The fourth-order valence-electron chi connectivity index (χ4n) is 2.19. The fraction of sp³-hybridized carbons (Fsp3) is 0.111. The molecule has 0 bridgehead atoms. The van der Waals surface area contributed by atoms with Gasteiger partial charge in [0.05, 0.1) is 7.11 Å². The number of anilines is 4. The van der Waals surface area contributed by atoms with Gasteiger partial charge >= 0.3 is 0 Å². The molecule has 0 spiro atoms. The van der Waals surface area contributed by atoms with Gasteiger partial charge in [0.15, 0.2) is 0 Å². The summed E-state index contributed by atoms with van der Waals surface area (Å²) in [6, 6.07) is 15.5. The summed E-state index contributed by atoms with van der Waals surface area (Å²) in [7, 11) is 1.64. The number of benzene rings is 2. The van der Waals surface area contributed by atoms with Gasteiger partial charge in [-0.1, -0.05) is 22.0 Å². The van der Waals surface area contributed by atoms with Gasteiger partial charge in [-0.15, -0.1) is 0 Å². The smallest absolute Gasteiger partial charge is 0.229 e. The van der Waals surface area contributed by atoms with Crippen LogP contribution in [0.4, 0.5) is 23.1 Å². The molecule has 3 aromatic rings.